The van der Waals surface area contributed by atoms with Gasteiger partial charge in [-0.3, -0.25) is 4.79 Å². The van der Waals surface area contributed by atoms with E-state index in [1.165, 1.54) is 13.2 Å². The Morgan fingerprint density at radius 3 is 2.45 bits per heavy atom. The van der Waals surface area contributed by atoms with Crippen LogP contribution in [0.25, 0.3) is 6.08 Å². The topological polar surface area (TPSA) is 97.6 Å². The van der Waals surface area contributed by atoms with Crippen LogP contribution in [0.1, 0.15) is 25.0 Å². The standard InChI is InChI=1S/C23H23IN2O5/c1-4-15-6-8-18(9-7-15)26-23(28)17(13-25)10-16-11-19(24)22(20(12-16)30-5-2)31-14-21(27)29-3/h6-12H,4-5,14H2,1-3H3,(H,26,28)/b17-10+. The maximum Gasteiger partial charge on any atom is 0.343 e. The number of carbonyl (C=O) groups is 2. The Labute approximate surface area is 195 Å². The van der Waals surface area contributed by atoms with Gasteiger partial charge >= 0.3 is 5.97 Å². The minimum absolute atomic E-state index is 0.0546. The number of nitrogens with one attached hydrogen (secondary N) is 1. The Morgan fingerprint density at radius 2 is 1.87 bits per heavy atom. The summed E-state index contributed by atoms with van der Waals surface area (Å²) in [5.74, 6) is -0.232. The molecular weight excluding hydrogens is 511 g/mol. The summed E-state index contributed by atoms with van der Waals surface area (Å²) < 4.78 is 16.4. The summed E-state index contributed by atoms with van der Waals surface area (Å²) in [4.78, 5) is 24.0. The van der Waals surface area contributed by atoms with E-state index in [2.05, 4.69) is 10.1 Å². The quantitative estimate of drug-likeness (QED) is 0.223. The van der Waals surface area contributed by atoms with Gasteiger partial charge in [-0.15, -0.1) is 0 Å². The predicted molar refractivity (Wildman–Crippen MR) is 126 cm³/mol. The first-order chi connectivity index (χ1) is 14.9. The van der Waals surface area contributed by atoms with Gasteiger partial charge < -0.3 is 19.5 Å². The van der Waals surface area contributed by atoms with Crippen molar-refractivity contribution < 1.29 is 23.8 Å². The van der Waals surface area contributed by atoms with Gasteiger partial charge in [-0.2, -0.15) is 5.26 Å². The van der Waals surface area contributed by atoms with Gasteiger partial charge in [-0.1, -0.05) is 19.1 Å². The summed E-state index contributed by atoms with van der Waals surface area (Å²) in [6, 6.07) is 12.8. The van der Waals surface area contributed by atoms with Crippen molar-refractivity contribution in [3.8, 4) is 17.6 Å². The van der Waals surface area contributed by atoms with Crippen LogP contribution < -0.4 is 14.8 Å². The molecule has 0 bridgehead atoms. The lowest BCUT2D eigenvalue weighted by molar-refractivity contribution is -0.142. The van der Waals surface area contributed by atoms with Crippen molar-refractivity contribution in [1.29, 1.82) is 5.26 Å². The molecule has 0 saturated heterocycles. The molecule has 0 radical (unpaired) electrons. The van der Waals surface area contributed by atoms with Crippen molar-refractivity contribution in [1.82, 2.24) is 0 Å². The Bertz CT molecular complexity index is 1010. The van der Waals surface area contributed by atoms with Crippen LogP contribution in [0.5, 0.6) is 11.5 Å². The number of esters is 1. The summed E-state index contributed by atoms with van der Waals surface area (Å²) in [5, 5.41) is 12.2. The molecule has 0 heterocycles. The lowest BCUT2D eigenvalue weighted by Gasteiger charge is -2.14. The second-order valence-corrected chi connectivity index (χ2v) is 7.46. The van der Waals surface area contributed by atoms with Gasteiger partial charge in [0.1, 0.15) is 11.6 Å². The van der Waals surface area contributed by atoms with Crippen LogP contribution in [0.3, 0.4) is 0 Å². The van der Waals surface area contributed by atoms with E-state index < -0.39 is 11.9 Å². The molecule has 1 amide bonds. The first-order valence-electron chi connectivity index (χ1n) is 9.59. The van der Waals surface area contributed by atoms with E-state index >= 15 is 0 Å². The highest BCUT2D eigenvalue weighted by Crippen LogP contribution is 2.35. The number of anilines is 1. The van der Waals surface area contributed by atoms with E-state index in [-0.39, 0.29) is 12.2 Å². The number of nitriles is 1. The van der Waals surface area contributed by atoms with Gasteiger partial charge in [0, 0.05) is 5.69 Å². The highest BCUT2D eigenvalue weighted by atomic mass is 127. The van der Waals surface area contributed by atoms with Crippen molar-refractivity contribution in [2.24, 2.45) is 0 Å². The van der Waals surface area contributed by atoms with E-state index in [9.17, 15) is 14.9 Å². The Hall–Kier alpha value is -3.06. The highest BCUT2D eigenvalue weighted by molar-refractivity contribution is 14.1. The lowest BCUT2D eigenvalue weighted by Crippen LogP contribution is -2.14. The van der Waals surface area contributed by atoms with E-state index in [4.69, 9.17) is 9.47 Å². The largest absolute Gasteiger partial charge is 0.490 e. The number of rotatable bonds is 9. The van der Waals surface area contributed by atoms with Crippen LogP contribution in [-0.2, 0) is 20.7 Å². The monoisotopic (exact) mass is 534 g/mol. The van der Waals surface area contributed by atoms with Crippen LogP contribution in [0.15, 0.2) is 42.0 Å². The lowest BCUT2D eigenvalue weighted by atomic mass is 10.1. The molecule has 7 nitrogen and oxygen atoms in total. The SMILES string of the molecule is CCOc1cc(/C=C(\C#N)C(=O)Nc2ccc(CC)cc2)cc(I)c1OCC(=O)OC. The third-order valence-corrected chi connectivity index (χ3v) is 4.99. The molecular formula is C23H23IN2O5. The average Bonchev–Trinajstić information content (AvgIpc) is 2.77. The molecule has 0 aliphatic rings. The van der Waals surface area contributed by atoms with Gasteiger partial charge in [0.05, 0.1) is 17.3 Å². The number of halogens is 1. The molecule has 0 aliphatic carbocycles. The molecule has 2 aromatic rings. The summed E-state index contributed by atoms with van der Waals surface area (Å²) in [7, 11) is 1.28. The second-order valence-electron chi connectivity index (χ2n) is 6.30. The first kappa shape index (κ1) is 24.2. The van der Waals surface area contributed by atoms with Crippen LogP contribution in [0.2, 0.25) is 0 Å². The van der Waals surface area contributed by atoms with Crippen molar-refractivity contribution in [2.75, 3.05) is 25.6 Å². The number of methoxy groups -OCH3 is 1. The Kier molecular flexibility index (Phi) is 9.34. The number of nitrogens with zero attached hydrogens (tertiary/aromatic N) is 1. The molecule has 0 aliphatic heterocycles. The molecule has 0 saturated carbocycles. The second kappa shape index (κ2) is 12.0. The molecule has 0 fully saturated rings. The molecule has 0 spiro atoms. The fraction of sp³-hybridized carbons (Fsp3) is 0.261. The number of hydrogen-bond acceptors (Lipinski definition) is 6. The Balaban J connectivity index is 2.28. The van der Waals surface area contributed by atoms with E-state index in [1.54, 1.807) is 24.3 Å². The number of benzene rings is 2. The molecule has 0 unspecified atom stereocenters. The zero-order valence-corrected chi connectivity index (χ0v) is 19.7. The third-order valence-electron chi connectivity index (χ3n) is 4.19. The van der Waals surface area contributed by atoms with E-state index in [0.717, 1.165) is 12.0 Å². The molecule has 8 heteroatoms. The maximum atomic E-state index is 12.6. The average molecular weight is 534 g/mol. The van der Waals surface area contributed by atoms with E-state index in [0.29, 0.717) is 32.9 Å². The summed E-state index contributed by atoms with van der Waals surface area (Å²) in [6.07, 6.45) is 2.38. The molecule has 31 heavy (non-hydrogen) atoms. The van der Waals surface area contributed by atoms with E-state index in [1.807, 2.05) is 54.6 Å². The van der Waals surface area contributed by atoms with Crippen LogP contribution in [0.4, 0.5) is 5.69 Å². The fourth-order valence-electron chi connectivity index (χ4n) is 2.60. The smallest absolute Gasteiger partial charge is 0.343 e. The first-order valence-corrected chi connectivity index (χ1v) is 10.7. The highest BCUT2D eigenvalue weighted by Gasteiger charge is 2.15. The van der Waals surface area contributed by atoms with Gasteiger partial charge in [0.2, 0.25) is 0 Å². The molecule has 162 valence electrons. The molecule has 2 aromatic carbocycles. The van der Waals surface area contributed by atoms with Crippen molar-refractivity contribution in [3.05, 3.63) is 56.7 Å². The zero-order valence-electron chi connectivity index (χ0n) is 17.5. The van der Waals surface area contributed by atoms with Crippen LogP contribution in [0, 0.1) is 14.9 Å². The number of ether oxygens (including phenoxy) is 3. The number of amides is 1. The molecule has 0 aromatic heterocycles. The van der Waals surface area contributed by atoms with Crippen molar-refractivity contribution in [2.45, 2.75) is 20.3 Å². The normalized spacial score (nSPS) is 10.7. The van der Waals surface area contributed by atoms with Crippen molar-refractivity contribution in [3.63, 3.8) is 0 Å². The number of hydrogen-bond donors (Lipinski definition) is 1. The summed E-state index contributed by atoms with van der Waals surface area (Å²) in [5.41, 5.74) is 2.30. The molecule has 1 N–H and O–H groups in total. The molecule has 0 atom stereocenters. The summed E-state index contributed by atoms with van der Waals surface area (Å²) >= 11 is 2.04. The molecule has 2 rings (SSSR count). The van der Waals surface area contributed by atoms with Crippen molar-refractivity contribution >= 4 is 46.2 Å². The van der Waals surface area contributed by atoms with Crippen LogP contribution in [-0.4, -0.2) is 32.2 Å². The van der Waals surface area contributed by atoms with Gasteiger partial charge in [-0.05, 0) is 77.4 Å². The number of aryl methyl sites for hydroxylation is 1. The Morgan fingerprint density at radius 1 is 1.16 bits per heavy atom. The van der Waals surface area contributed by atoms with Crippen LogP contribution >= 0.6 is 22.6 Å². The van der Waals surface area contributed by atoms with Gasteiger partial charge in [-0.25, -0.2) is 4.79 Å². The minimum Gasteiger partial charge on any atom is -0.490 e. The fourth-order valence-corrected chi connectivity index (χ4v) is 3.38. The van der Waals surface area contributed by atoms with Gasteiger partial charge in [0.25, 0.3) is 5.91 Å². The summed E-state index contributed by atoms with van der Waals surface area (Å²) in [6.45, 7) is 3.98. The third kappa shape index (κ3) is 7.00. The zero-order chi connectivity index (χ0) is 22.8. The predicted octanol–water partition coefficient (Wildman–Crippen LogP) is 4.35. The number of carbonyl (C=O) groups excluding carboxylic acids is 2. The minimum atomic E-state index is -0.516. The maximum absolute atomic E-state index is 12.6. The van der Waals surface area contributed by atoms with Gasteiger partial charge in [0.15, 0.2) is 18.1 Å².